The maximum Gasteiger partial charge on any atom is 0.335 e. The van der Waals surface area contributed by atoms with Crippen molar-refractivity contribution < 1.29 is 23.4 Å². The summed E-state index contributed by atoms with van der Waals surface area (Å²) < 4.78 is 32.3. The van der Waals surface area contributed by atoms with Crippen LogP contribution in [0.1, 0.15) is 10.4 Å². The summed E-state index contributed by atoms with van der Waals surface area (Å²) in [7, 11) is 0. The third kappa shape index (κ3) is 3.08. The van der Waals surface area contributed by atoms with Gasteiger partial charge in [-0.3, -0.25) is 0 Å². The topological polar surface area (TPSA) is 46.5 Å². The second-order valence-electron chi connectivity index (χ2n) is 3.63. The minimum atomic E-state index is -1.24. The zero-order valence-electron chi connectivity index (χ0n) is 9.36. The highest BCUT2D eigenvalue weighted by Crippen LogP contribution is 2.28. The molecule has 0 unspecified atom stereocenters. The number of halogens is 3. The summed E-state index contributed by atoms with van der Waals surface area (Å²) in [5, 5.41) is 8.69. The highest BCUT2D eigenvalue weighted by molar-refractivity contribution is 9.10. The molecule has 0 heterocycles. The van der Waals surface area contributed by atoms with E-state index in [4.69, 9.17) is 9.84 Å². The number of rotatable bonds is 3. The fraction of sp³-hybridized carbons (Fsp3) is 0. The molecule has 2 aromatic carbocycles. The lowest BCUT2D eigenvalue weighted by atomic mass is 10.2. The second kappa shape index (κ2) is 5.36. The summed E-state index contributed by atoms with van der Waals surface area (Å²) in [6, 6.07) is 7.20. The lowest BCUT2D eigenvalue weighted by Crippen LogP contribution is -1.98. The Kier molecular flexibility index (Phi) is 3.80. The Morgan fingerprint density at radius 1 is 1.11 bits per heavy atom. The smallest absolute Gasteiger partial charge is 0.335 e. The van der Waals surface area contributed by atoms with Gasteiger partial charge in [-0.05, 0) is 46.3 Å². The van der Waals surface area contributed by atoms with Crippen LogP contribution in [-0.2, 0) is 0 Å². The molecule has 0 aliphatic rings. The lowest BCUT2D eigenvalue weighted by molar-refractivity contribution is 0.0696. The first-order valence-electron chi connectivity index (χ1n) is 5.13. The van der Waals surface area contributed by atoms with E-state index in [9.17, 15) is 13.6 Å². The fourth-order valence-electron chi connectivity index (χ4n) is 1.38. The summed E-state index contributed by atoms with van der Waals surface area (Å²) >= 11 is 2.98. The molecule has 0 aromatic heterocycles. The Balaban J connectivity index is 2.28. The van der Waals surface area contributed by atoms with Crippen LogP contribution >= 0.6 is 15.9 Å². The molecule has 0 fully saturated rings. The number of carboxylic acid groups (broad SMARTS) is 1. The van der Waals surface area contributed by atoms with Crippen molar-refractivity contribution in [2.24, 2.45) is 0 Å². The van der Waals surface area contributed by atoms with E-state index < -0.39 is 17.6 Å². The molecular formula is C13H7BrF2O3. The van der Waals surface area contributed by atoms with Crippen molar-refractivity contribution in [2.75, 3.05) is 0 Å². The fourth-order valence-corrected chi connectivity index (χ4v) is 1.63. The van der Waals surface area contributed by atoms with Gasteiger partial charge in [0.15, 0.2) is 11.6 Å². The number of benzene rings is 2. The lowest BCUT2D eigenvalue weighted by Gasteiger charge is -2.07. The van der Waals surface area contributed by atoms with Crippen LogP contribution in [0.15, 0.2) is 40.9 Å². The van der Waals surface area contributed by atoms with Gasteiger partial charge in [0.25, 0.3) is 0 Å². The highest BCUT2D eigenvalue weighted by atomic mass is 79.9. The number of hydrogen-bond donors (Lipinski definition) is 1. The van der Waals surface area contributed by atoms with Crippen LogP contribution in [0.3, 0.4) is 0 Å². The van der Waals surface area contributed by atoms with E-state index >= 15 is 0 Å². The van der Waals surface area contributed by atoms with Crippen LogP contribution in [0.25, 0.3) is 0 Å². The van der Waals surface area contributed by atoms with E-state index in [0.29, 0.717) is 0 Å². The second-order valence-corrected chi connectivity index (χ2v) is 4.48. The van der Waals surface area contributed by atoms with Crippen molar-refractivity contribution in [3.8, 4) is 11.5 Å². The van der Waals surface area contributed by atoms with Gasteiger partial charge < -0.3 is 9.84 Å². The zero-order valence-corrected chi connectivity index (χ0v) is 10.9. The molecule has 3 nitrogen and oxygen atoms in total. The molecule has 2 aromatic rings. The first-order chi connectivity index (χ1) is 8.97. The molecule has 6 heteroatoms. The van der Waals surface area contributed by atoms with Crippen LogP contribution in [-0.4, -0.2) is 11.1 Å². The minimum absolute atomic E-state index is 0.114. The van der Waals surface area contributed by atoms with Gasteiger partial charge in [0.05, 0.1) is 10.0 Å². The van der Waals surface area contributed by atoms with Crippen molar-refractivity contribution in [1.29, 1.82) is 0 Å². The SMILES string of the molecule is O=C(O)c1ccc(Oc2ccc(Br)c(F)c2)c(F)c1. The van der Waals surface area contributed by atoms with E-state index in [2.05, 4.69) is 15.9 Å². The average molecular weight is 329 g/mol. The Morgan fingerprint density at radius 2 is 1.84 bits per heavy atom. The number of ether oxygens (including phenoxy) is 1. The molecule has 19 heavy (non-hydrogen) atoms. The standard InChI is InChI=1S/C13H7BrF2O3/c14-9-3-2-8(6-10(9)15)19-12-4-1-7(13(17)18)5-11(12)16/h1-6H,(H,17,18). The first-order valence-corrected chi connectivity index (χ1v) is 5.92. The summed E-state index contributed by atoms with van der Waals surface area (Å²) in [5.74, 6) is -2.67. The molecule has 0 atom stereocenters. The van der Waals surface area contributed by atoms with E-state index in [0.717, 1.165) is 12.1 Å². The van der Waals surface area contributed by atoms with Crippen molar-refractivity contribution in [1.82, 2.24) is 0 Å². The highest BCUT2D eigenvalue weighted by Gasteiger charge is 2.10. The van der Waals surface area contributed by atoms with Crippen LogP contribution in [0.5, 0.6) is 11.5 Å². The molecular weight excluding hydrogens is 322 g/mol. The molecule has 0 amide bonds. The molecule has 0 saturated carbocycles. The third-order valence-electron chi connectivity index (χ3n) is 2.30. The van der Waals surface area contributed by atoms with Gasteiger partial charge in [-0.25, -0.2) is 13.6 Å². The number of hydrogen-bond acceptors (Lipinski definition) is 2. The van der Waals surface area contributed by atoms with E-state index in [1.54, 1.807) is 0 Å². The molecule has 1 N–H and O–H groups in total. The minimum Gasteiger partial charge on any atom is -0.478 e. The molecule has 98 valence electrons. The van der Waals surface area contributed by atoms with Gasteiger partial charge >= 0.3 is 5.97 Å². The monoisotopic (exact) mass is 328 g/mol. The normalized spacial score (nSPS) is 10.3. The van der Waals surface area contributed by atoms with Crippen LogP contribution < -0.4 is 4.74 Å². The van der Waals surface area contributed by atoms with E-state index in [-0.39, 0.29) is 21.5 Å². The largest absolute Gasteiger partial charge is 0.478 e. The van der Waals surface area contributed by atoms with Gasteiger partial charge in [-0.1, -0.05) is 0 Å². The van der Waals surface area contributed by atoms with Gasteiger partial charge in [-0.15, -0.1) is 0 Å². The molecule has 0 saturated heterocycles. The Labute approximate surface area is 115 Å². The molecule has 2 rings (SSSR count). The molecule has 0 radical (unpaired) electrons. The predicted molar refractivity (Wildman–Crippen MR) is 67.5 cm³/mol. The molecule has 0 spiro atoms. The maximum atomic E-state index is 13.6. The predicted octanol–water partition coefficient (Wildman–Crippen LogP) is 4.22. The number of carboxylic acids is 1. The van der Waals surface area contributed by atoms with Gasteiger partial charge in [-0.2, -0.15) is 0 Å². The van der Waals surface area contributed by atoms with Gasteiger partial charge in [0, 0.05) is 6.07 Å². The average Bonchev–Trinajstić information content (AvgIpc) is 2.36. The van der Waals surface area contributed by atoms with Gasteiger partial charge in [0.1, 0.15) is 11.6 Å². The van der Waals surface area contributed by atoms with E-state index in [1.165, 1.54) is 24.3 Å². The first kappa shape index (κ1) is 13.5. The van der Waals surface area contributed by atoms with Crippen LogP contribution in [0, 0.1) is 11.6 Å². The molecule has 0 aliphatic heterocycles. The summed E-state index contributed by atoms with van der Waals surface area (Å²) in [4.78, 5) is 10.6. The van der Waals surface area contributed by atoms with Crippen molar-refractivity contribution >= 4 is 21.9 Å². The molecule has 0 aliphatic carbocycles. The number of aromatic carboxylic acids is 1. The van der Waals surface area contributed by atoms with Crippen molar-refractivity contribution in [2.45, 2.75) is 0 Å². The van der Waals surface area contributed by atoms with Crippen LogP contribution in [0.2, 0.25) is 0 Å². The number of carbonyl (C=O) groups is 1. The summed E-state index contributed by atoms with van der Waals surface area (Å²) in [6.07, 6.45) is 0. The third-order valence-corrected chi connectivity index (χ3v) is 2.94. The summed E-state index contributed by atoms with van der Waals surface area (Å²) in [6.45, 7) is 0. The Bertz CT molecular complexity index is 644. The molecule has 0 bridgehead atoms. The van der Waals surface area contributed by atoms with Crippen molar-refractivity contribution in [3.05, 3.63) is 58.1 Å². The van der Waals surface area contributed by atoms with Crippen LogP contribution in [0.4, 0.5) is 8.78 Å². The Hall–Kier alpha value is -1.95. The maximum absolute atomic E-state index is 13.6. The zero-order chi connectivity index (χ0) is 14.0. The Morgan fingerprint density at radius 3 is 2.42 bits per heavy atom. The van der Waals surface area contributed by atoms with Gasteiger partial charge in [0.2, 0.25) is 0 Å². The van der Waals surface area contributed by atoms with E-state index in [1.807, 2.05) is 0 Å². The quantitative estimate of drug-likeness (QED) is 0.917. The summed E-state index contributed by atoms with van der Waals surface area (Å²) in [5.41, 5.74) is -0.188. The van der Waals surface area contributed by atoms with Crippen molar-refractivity contribution in [3.63, 3.8) is 0 Å².